The second kappa shape index (κ2) is 10.2. The Labute approximate surface area is 156 Å². The van der Waals surface area contributed by atoms with E-state index in [9.17, 15) is 0 Å². The van der Waals surface area contributed by atoms with Crippen molar-refractivity contribution in [2.24, 2.45) is 0 Å². The van der Waals surface area contributed by atoms with Crippen LogP contribution in [0.4, 0.5) is 0 Å². The molecule has 1 aromatic carbocycles. The van der Waals surface area contributed by atoms with Crippen LogP contribution in [0.3, 0.4) is 0 Å². The van der Waals surface area contributed by atoms with Crippen molar-refractivity contribution in [2.45, 2.75) is 71.5 Å². The lowest BCUT2D eigenvalue weighted by atomic mass is 10.2. The van der Waals surface area contributed by atoms with Crippen molar-refractivity contribution in [3.63, 3.8) is 0 Å². The molecule has 0 atom stereocenters. The second-order valence-electron chi connectivity index (χ2n) is 7.74. The van der Waals surface area contributed by atoms with Gasteiger partial charge in [-0.15, -0.1) is 0 Å². The van der Waals surface area contributed by atoms with Gasteiger partial charge in [0.1, 0.15) is 5.75 Å². The highest BCUT2D eigenvalue weighted by molar-refractivity contribution is 6.74. The summed E-state index contributed by atoms with van der Waals surface area (Å²) in [5, 5.41) is 0.167. The van der Waals surface area contributed by atoms with Gasteiger partial charge in [0.05, 0.1) is 5.56 Å². The summed E-state index contributed by atoms with van der Waals surface area (Å²) in [6, 6.07) is 8.03. The van der Waals surface area contributed by atoms with Gasteiger partial charge in [-0.2, -0.15) is 0 Å². The molecule has 0 spiro atoms. The summed E-state index contributed by atoms with van der Waals surface area (Å²) < 4.78 is 6.41. The molecule has 0 aliphatic rings. The fourth-order valence-corrected chi connectivity index (χ4v) is 2.92. The van der Waals surface area contributed by atoms with Crippen LogP contribution in [0.15, 0.2) is 36.4 Å². The minimum absolute atomic E-state index is 0.167. The molecule has 0 bridgehead atoms. The van der Waals surface area contributed by atoms with E-state index in [1.165, 1.54) is 19.3 Å². The third-order valence-electron chi connectivity index (χ3n) is 4.52. The summed E-state index contributed by atoms with van der Waals surface area (Å²) in [6.45, 7) is 13.5. The van der Waals surface area contributed by atoms with Gasteiger partial charge in [-0.1, -0.05) is 76.4 Å². The van der Waals surface area contributed by atoms with Crippen LogP contribution < -0.4 is 4.43 Å². The van der Waals surface area contributed by atoms with Crippen molar-refractivity contribution in [2.75, 3.05) is 0 Å². The molecule has 1 aromatic rings. The van der Waals surface area contributed by atoms with E-state index in [0.717, 1.165) is 17.7 Å². The van der Waals surface area contributed by atoms with Crippen molar-refractivity contribution in [1.29, 1.82) is 0 Å². The van der Waals surface area contributed by atoms with E-state index in [0.29, 0.717) is 0 Å². The first-order valence-electron chi connectivity index (χ1n) is 9.21. The van der Waals surface area contributed by atoms with Crippen molar-refractivity contribution < 1.29 is 4.43 Å². The van der Waals surface area contributed by atoms with Crippen LogP contribution in [0.5, 0.6) is 5.75 Å². The average Bonchev–Trinajstić information content (AvgIpc) is 2.53. The van der Waals surface area contributed by atoms with Gasteiger partial charge in [0.15, 0.2) is 0 Å². The molecule has 25 heavy (non-hydrogen) atoms. The topological polar surface area (TPSA) is 9.23 Å². The maximum atomic E-state index is 6.41. The molecule has 0 fully saturated rings. The first kappa shape index (κ1) is 21.1. The van der Waals surface area contributed by atoms with Crippen LogP contribution in [-0.2, 0) is 0 Å². The molecule has 134 valence electrons. The Morgan fingerprint density at radius 2 is 1.72 bits per heavy atom. The molecule has 0 aliphatic heterocycles. The van der Waals surface area contributed by atoms with Crippen LogP contribution in [0.2, 0.25) is 18.1 Å². The number of allylic oxidation sites excluding steroid dienone is 2. The summed E-state index contributed by atoms with van der Waals surface area (Å²) in [6.07, 6.45) is 8.28. The van der Waals surface area contributed by atoms with Gasteiger partial charge in [0.25, 0.3) is 8.32 Å². The molecule has 0 amide bonds. The number of rotatable bonds is 5. The fourth-order valence-electron chi connectivity index (χ4n) is 1.88. The van der Waals surface area contributed by atoms with Crippen LogP contribution in [0, 0.1) is 23.7 Å². The van der Waals surface area contributed by atoms with Crippen molar-refractivity contribution >= 4 is 8.32 Å². The second-order valence-corrected chi connectivity index (χ2v) is 12.5. The molecule has 2 heteroatoms. The molecule has 0 N–H and O–H groups in total. The van der Waals surface area contributed by atoms with Gasteiger partial charge in [-0.25, -0.2) is 0 Å². The first-order chi connectivity index (χ1) is 11.8. The van der Waals surface area contributed by atoms with Crippen LogP contribution >= 0.6 is 0 Å². The molecule has 0 unspecified atom stereocenters. The van der Waals surface area contributed by atoms with Gasteiger partial charge < -0.3 is 4.43 Å². The van der Waals surface area contributed by atoms with Crippen LogP contribution in [-0.4, -0.2) is 8.32 Å². The lowest BCUT2D eigenvalue weighted by Crippen LogP contribution is -2.44. The van der Waals surface area contributed by atoms with Crippen molar-refractivity contribution in [3.8, 4) is 29.4 Å². The quantitative estimate of drug-likeness (QED) is 0.331. The van der Waals surface area contributed by atoms with Crippen molar-refractivity contribution in [1.82, 2.24) is 0 Å². The van der Waals surface area contributed by atoms with E-state index in [1.807, 2.05) is 36.4 Å². The number of para-hydroxylation sites is 1. The van der Waals surface area contributed by atoms with E-state index in [2.05, 4.69) is 64.5 Å². The molecule has 1 rings (SSSR count). The summed E-state index contributed by atoms with van der Waals surface area (Å²) in [7, 11) is -1.86. The third-order valence-corrected chi connectivity index (χ3v) is 8.87. The zero-order valence-electron chi connectivity index (χ0n) is 16.7. The van der Waals surface area contributed by atoms with Gasteiger partial charge >= 0.3 is 0 Å². The highest BCUT2D eigenvalue weighted by Crippen LogP contribution is 2.37. The lowest BCUT2D eigenvalue weighted by Gasteiger charge is -2.36. The predicted octanol–water partition coefficient (Wildman–Crippen LogP) is 6.56. The first-order valence-corrected chi connectivity index (χ1v) is 12.1. The molecule has 0 saturated heterocycles. The summed E-state index contributed by atoms with van der Waals surface area (Å²) in [5.74, 6) is 13.4. The van der Waals surface area contributed by atoms with Crippen LogP contribution in [0.1, 0.15) is 58.9 Å². The normalized spacial score (nSPS) is 11.4. The third kappa shape index (κ3) is 7.68. The fraction of sp³-hybridized carbons (Fsp3) is 0.478. The van der Waals surface area contributed by atoms with Gasteiger partial charge in [-0.3, -0.25) is 0 Å². The van der Waals surface area contributed by atoms with E-state index in [-0.39, 0.29) is 5.04 Å². The number of hydrogen-bond acceptors (Lipinski definition) is 1. The predicted molar refractivity (Wildman–Crippen MR) is 112 cm³/mol. The standard InChI is InChI=1S/C23H32OSi/c1-7-8-9-10-11-12-13-14-15-18-21-19-16-17-20-22(21)24-25(5,6)23(2,3)4/h13-14,16-17,19-20H,7-10H2,1-6H3/b14-13-. The Kier molecular flexibility index (Phi) is 8.60. The summed E-state index contributed by atoms with van der Waals surface area (Å²) in [4.78, 5) is 0. The van der Waals surface area contributed by atoms with Gasteiger partial charge in [-0.05, 0) is 48.8 Å². The monoisotopic (exact) mass is 352 g/mol. The summed E-state index contributed by atoms with van der Waals surface area (Å²) in [5.41, 5.74) is 0.938. The average molecular weight is 353 g/mol. The maximum Gasteiger partial charge on any atom is 0.250 e. The van der Waals surface area contributed by atoms with Gasteiger partial charge in [0.2, 0.25) is 0 Å². The molecule has 0 aromatic heterocycles. The van der Waals surface area contributed by atoms with Crippen LogP contribution in [0.25, 0.3) is 0 Å². The molecule has 1 nitrogen and oxygen atoms in total. The zero-order chi connectivity index (χ0) is 18.8. The minimum Gasteiger partial charge on any atom is -0.543 e. The molecular formula is C23H32OSi. The highest BCUT2D eigenvalue weighted by Gasteiger charge is 2.39. The zero-order valence-corrected chi connectivity index (χ0v) is 17.7. The van der Waals surface area contributed by atoms with E-state index < -0.39 is 8.32 Å². The molecule has 0 radical (unpaired) electrons. The lowest BCUT2D eigenvalue weighted by molar-refractivity contribution is 0.491. The SMILES string of the molecule is CCCCCC#C/C=C\C#Cc1ccccc1O[Si](C)(C)C(C)(C)C. The highest BCUT2D eigenvalue weighted by atomic mass is 28.4. The Bertz CT molecular complexity index is 685. The number of hydrogen-bond donors (Lipinski definition) is 0. The van der Waals surface area contributed by atoms with E-state index in [4.69, 9.17) is 4.43 Å². The Morgan fingerprint density at radius 3 is 2.40 bits per heavy atom. The Morgan fingerprint density at radius 1 is 1.04 bits per heavy atom. The van der Waals surface area contributed by atoms with E-state index in [1.54, 1.807) is 0 Å². The molecule has 0 heterocycles. The number of unbranched alkanes of at least 4 members (excludes halogenated alkanes) is 3. The molecule has 0 saturated carbocycles. The Balaban J connectivity index is 2.76. The van der Waals surface area contributed by atoms with E-state index >= 15 is 0 Å². The minimum atomic E-state index is -1.86. The largest absolute Gasteiger partial charge is 0.543 e. The van der Waals surface area contributed by atoms with Gasteiger partial charge in [0, 0.05) is 6.42 Å². The molecule has 0 aliphatic carbocycles. The smallest absolute Gasteiger partial charge is 0.250 e. The summed E-state index contributed by atoms with van der Waals surface area (Å²) >= 11 is 0. The molecular weight excluding hydrogens is 320 g/mol. The Hall–Kier alpha value is -1.90. The van der Waals surface area contributed by atoms with Crippen molar-refractivity contribution in [3.05, 3.63) is 42.0 Å². The number of benzene rings is 1. The maximum absolute atomic E-state index is 6.41.